The van der Waals surface area contributed by atoms with E-state index in [4.69, 9.17) is 4.74 Å². The molecule has 0 saturated carbocycles. The average molecular weight is 305 g/mol. The summed E-state index contributed by atoms with van der Waals surface area (Å²) in [7, 11) is 1.72. The molecular weight excluding hydrogens is 288 g/mol. The molecule has 0 aliphatic heterocycles. The number of hydrogen-bond acceptors (Lipinski definition) is 1. The lowest BCUT2D eigenvalue weighted by atomic mass is 9.96. The van der Waals surface area contributed by atoms with E-state index in [9.17, 15) is 0 Å². The third-order valence-electron chi connectivity index (χ3n) is 3.15. The molecule has 18 heavy (non-hydrogen) atoms. The Morgan fingerprint density at radius 2 is 1.89 bits per heavy atom. The van der Waals surface area contributed by atoms with Crippen molar-refractivity contribution in [2.75, 3.05) is 7.11 Å². The molecule has 2 aromatic carbocycles. The van der Waals surface area contributed by atoms with Gasteiger partial charge in [-0.3, -0.25) is 0 Å². The normalized spacial score (nSPS) is 11.3. The van der Waals surface area contributed by atoms with Gasteiger partial charge in [0.1, 0.15) is 5.75 Å². The third kappa shape index (κ3) is 2.05. The Bertz CT molecular complexity index is 600. The minimum Gasteiger partial charge on any atom is -0.495 e. The fraction of sp³-hybridized carbons (Fsp3) is 0.250. The fourth-order valence-electron chi connectivity index (χ4n) is 2.38. The zero-order valence-corrected chi connectivity index (χ0v) is 12.5. The molecule has 0 saturated heterocycles. The molecule has 0 N–H and O–H groups in total. The Morgan fingerprint density at radius 1 is 1.22 bits per heavy atom. The molecule has 2 heteroatoms. The molecule has 0 atom stereocenters. The number of fused-ring (bicyclic) bond motifs is 1. The van der Waals surface area contributed by atoms with Gasteiger partial charge in [0.15, 0.2) is 0 Å². The van der Waals surface area contributed by atoms with Gasteiger partial charge < -0.3 is 4.74 Å². The summed E-state index contributed by atoms with van der Waals surface area (Å²) in [4.78, 5) is 0. The molecule has 2 rings (SSSR count). The maximum absolute atomic E-state index is 5.56. The van der Waals surface area contributed by atoms with Gasteiger partial charge >= 0.3 is 0 Å². The molecule has 0 amide bonds. The zero-order valence-electron chi connectivity index (χ0n) is 11.0. The number of ether oxygens (including phenoxy) is 1. The Hall–Kier alpha value is -1.28. The molecule has 0 radical (unpaired) electrons. The number of halogens is 1. The van der Waals surface area contributed by atoms with Gasteiger partial charge in [0.25, 0.3) is 0 Å². The molecule has 94 valence electrons. The first kappa shape index (κ1) is 13.2. The second-order valence-electron chi connectivity index (χ2n) is 4.14. The van der Waals surface area contributed by atoms with Crippen molar-refractivity contribution in [3.05, 3.63) is 45.9 Å². The molecule has 0 bridgehead atoms. The van der Waals surface area contributed by atoms with Crippen LogP contribution in [0.2, 0.25) is 0 Å². The van der Waals surface area contributed by atoms with E-state index in [0.717, 1.165) is 22.0 Å². The van der Waals surface area contributed by atoms with Crippen LogP contribution in [0.15, 0.2) is 34.8 Å². The lowest BCUT2D eigenvalue weighted by Crippen LogP contribution is -1.96. The molecule has 0 aromatic heterocycles. The smallest absolute Gasteiger partial charge is 0.141 e. The highest BCUT2D eigenvalue weighted by molar-refractivity contribution is 9.10. The Labute approximate surface area is 117 Å². The van der Waals surface area contributed by atoms with Crippen LogP contribution in [0.5, 0.6) is 5.75 Å². The van der Waals surface area contributed by atoms with Crippen molar-refractivity contribution in [3.8, 4) is 5.75 Å². The lowest BCUT2D eigenvalue weighted by molar-refractivity contribution is 0.417. The third-order valence-corrected chi connectivity index (χ3v) is 3.94. The quantitative estimate of drug-likeness (QED) is 0.756. The van der Waals surface area contributed by atoms with Gasteiger partial charge in [-0.05, 0) is 45.8 Å². The lowest BCUT2D eigenvalue weighted by Gasteiger charge is -2.16. The van der Waals surface area contributed by atoms with Gasteiger partial charge in [-0.2, -0.15) is 0 Å². The summed E-state index contributed by atoms with van der Waals surface area (Å²) >= 11 is 3.68. The first-order chi connectivity index (χ1) is 8.74. The molecule has 0 aliphatic rings. The largest absolute Gasteiger partial charge is 0.495 e. The van der Waals surface area contributed by atoms with E-state index >= 15 is 0 Å². The van der Waals surface area contributed by atoms with Gasteiger partial charge in [-0.15, -0.1) is 0 Å². The maximum Gasteiger partial charge on any atom is 0.141 e. The van der Waals surface area contributed by atoms with E-state index in [1.807, 2.05) is 13.0 Å². The maximum atomic E-state index is 5.56. The summed E-state index contributed by atoms with van der Waals surface area (Å²) in [5.74, 6) is 0.913. The first-order valence-electron chi connectivity index (χ1n) is 6.14. The highest BCUT2D eigenvalue weighted by Crippen LogP contribution is 2.40. The minimum atomic E-state index is 0.913. The summed E-state index contributed by atoms with van der Waals surface area (Å²) in [5.41, 5.74) is 2.58. The zero-order chi connectivity index (χ0) is 13.1. The average Bonchev–Trinajstić information content (AvgIpc) is 2.40. The van der Waals surface area contributed by atoms with Crippen LogP contribution >= 0.6 is 15.9 Å². The van der Waals surface area contributed by atoms with Crippen molar-refractivity contribution in [1.82, 2.24) is 0 Å². The Balaban J connectivity index is 2.95. The number of hydrogen-bond donors (Lipinski definition) is 0. The highest BCUT2D eigenvalue weighted by atomic mass is 79.9. The minimum absolute atomic E-state index is 0.913. The van der Waals surface area contributed by atoms with E-state index in [0.29, 0.717) is 0 Å². The van der Waals surface area contributed by atoms with Crippen molar-refractivity contribution in [2.45, 2.75) is 20.3 Å². The Kier molecular flexibility index (Phi) is 4.07. The SMILES string of the molecule is C/C=C\c1c(Br)c(OC)c2ccccc2c1CC. The van der Waals surface area contributed by atoms with Crippen LogP contribution in [0.1, 0.15) is 25.0 Å². The number of aryl methyl sites for hydroxylation is 1. The van der Waals surface area contributed by atoms with Crippen molar-refractivity contribution in [1.29, 1.82) is 0 Å². The van der Waals surface area contributed by atoms with Gasteiger partial charge in [-0.25, -0.2) is 0 Å². The summed E-state index contributed by atoms with van der Waals surface area (Å²) in [6, 6.07) is 8.40. The predicted molar refractivity (Wildman–Crippen MR) is 82.3 cm³/mol. The van der Waals surface area contributed by atoms with Gasteiger partial charge in [0.2, 0.25) is 0 Å². The first-order valence-corrected chi connectivity index (χ1v) is 6.93. The van der Waals surface area contributed by atoms with Crippen LogP contribution in [-0.2, 0) is 6.42 Å². The summed E-state index contributed by atoms with van der Waals surface area (Å²) in [5, 5.41) is 2.44. The van der Waals surface area contributed by atoms with Crippen LogP contribution in [-0.4, -0.2) is 7.11 Å². The predicted octanol–water partition coefficient (Wildman–Crippen LogP) is 5.21. The second kappa shape index (κ2) is 5.57. The van der Waals surface area contributed by atoms with Crippen LogP contribution < -0.4 is 4.74 Å². The van der Waals surface area contributed by atoms with Crippen molar-refractivity contribution < 1.29 is 4.74 Å². The molecule has 0 heterocycles. The molecule has 0 spiro atoms. The number of allylic oxidation sites excluding steroid dienone is 1. The van der Waals surface area contributed by atoms with Gasteiger partial charge in [0, 0.05) is 5.39 Å². The van der Waals surface area contributed by atoms with Crippen LogP contribution in [0.25, 0.3) is 16.8 Å². The molecule has 2 aromatic rings. The molecule has 0 unspecified atom stereocenters. The monoisotopic (exact) mass is 304 g/mol. The van der Waals surface area contributed by atoms with Crippen molar-refractivity contribution >= 4 is 32.8 Å². The van der Waals surface area contributed by atoms with E-state index in [-0.39, 0.29) is 0 Å². The topological polar surface area (TPSA) is 9.23 Å². The summed E-state index contributed by atoms with van der Waals surface area (Å²) in [6.45, 7) is 4.22. The van der Waals surface area contributed by atoms with Crippen molar-refractivity contribution in [2.24, 2.45) is 0 Å². The summed E-state index contributed by atoms with van der Waals surface area (Å²) < 4.78 is 6.60. The van der Waals surface area contributed by atoms with E-state index < -0.39 is 0 Å². The number of rotatable bonds is 3. The standard InChI is InChI=1S/C16H17BrO/c1-4-8-13-11(5-2)12-9-6-7-10-14(12)16(18-3)15(13)17/h4,6-10H,5H2,1-3H3/b8-4-. The van der Waals surface area contributed by atoms with Crippen LogP contribution in [0.3, 0.4) is 0 Å². The van der Waals surface area contributed by atoms with E-state index in [2.05, 4.69) is 53.2 Å². The number of benzene rings is 2. The fourth-order valence-corrected chi connectivity index (χ4v) is 3.13. The van der Waals surface area contributed by atoms with Crippen LogP contribution in [0.4, 0.5) is 0 Å². The van der Waals surface area contributed by atoms with E-state index in [1.165, 1.54) is 16.5 Å². The van der Waals surface area contributed by atoms with E-state index in [1.54, 1.807) is 7.11 Å². The van der Waals surface area contributed by atoms with Crippen LogP contribution in [0, 0.1) is 0 Å². The van der Waals surface area contributed by atoms with Crippen molar-refractivity contribution in [3.63, 3.8) is 0 Å². The molecule has 0 aliphatic carbocycles. The molecule has 0 fully saturated rings. The molecule has 1 nitrogen and oxygen atoms in total. The number of methoxy groups -OCH3 is 1. The van der Waals surface area contributed by atoms with Gasteiger partial charge in [-0.1, -0.05) is 43.3 Å². The molecular formula is C16H17BrO. The highest BCUT2D eigenvalue weighted by Gasteiger charge is 2.15. The summed E-state index contributed by atoms with van der Waals surface area (Å²) in [6.07, 6.45) is 5.20. The van der Waals surface area contributed by atoms with Gasteiger partial charge in [0.05, 0.1) is 11.6 Å². The Morgan fingerprint density at radius 3 is 2.44 bits per heavy atom. The second-order valence-corrected chi connectivity index (χ2v) is 4.93.